The van der Waals surface area contributed by atoms with E-state index in [1.54, 1.807) is 12.2 Å². The minimum atomic E-state index is 0.615. The van der Waals surface area contributed by atoms with Crippen LogP contribution in [0.4, 0.5) is 0 Å². The molecule has 0 aromatic heterocycles. The topological polar surface area (TPSA) is 36.9 Å². The van der Waals surface area contributed by atoms with Gasteiger partial charge in [-0.25, -0.2) is 0 Å². The van der Waals surface area contributed by atoms with Gasteiger partial charge in [0.15, 0.2) is 0 Å². The molecule has 0 fully saturated rings. The predicted molar refractivity (Wildman–Crippen MR) is 77.5 cm³/mol. The molecule has 0 rings (SSSR count). The fraction of sp³-hybridized carbons (Fsp3) is 0.733. The zero-order valence-electron chi connectivity index (χ0n) is 12.0. The summed E-state index contributed by atoms with van der Waals surface area (Å²) in [7, 11) is 0. The van der Waals surface area contributed by atoms with Crippen molar-refractivity contribution in [3.8, 4) is 0 Å². The molecule has 0 spiro atoms. The molecule has 0 aliphatic heterocycles. The van der Waals surface area contributed by atoms with Crippen molar-refractivity contribution >= 4 is 0 Å². The molecule has 0 aliphatic rings. The van der Waals surface area contributed by atoms with Gasteiger partial charge in [0.25, 0.3) is 0 Å². The molecule has 0 unspecified atom stereocenters. The molecule has 112 valence electrons. The maximum Gasteiger partial charge on any atom is 0.0644 e. The minimum absolute atomic E-state index is 0.615. The highest BCUT2D eigenvalue weighted by Gasteiger charge is 1.92. The highest BCUT2D eigenvalue weighted by atomic mass is 16.5. The Bertz CT molecular complexity index is 175. The van der Waals surface area contributed by atoms with Crippen molar-refractivity contribution in [3.63, 3.8) is 0 Å². The summed E-state index contributed by atoms with van der Waals surface area (Å²) >= 11 is 0. The Labute approximate surface area is 117 Å². The Hall–Kier alpha value is -0.680. The molecule has 0 saturated carbocycles. The molecule has 0 heterocycles. The van der Waals surface area contributed by atoms with Crippen molar-refractivity contribution in [1.82, 2.24) is 0 Å². The highest BCUT2D eigenvalue weighted by Crippen LogP contribution is 1.91. The van der Waals surface area contributed by atoms with E-state index in [1.807, 2.05) is 0 Å². The molecule has 0 N–H and O–H groups in total. The van der Waals surface area contributed by atoms with Crippen LogP contribution in [0.2, 0.25) is 0 Å². The highest BCUT2D eigenvalue weighted by molar-refractivity contribution is 4.63. The third kappa shape index (κ3) is 17.3. The van der Waals surface area contributed by atoms with Crippen LogP contribution in [0.1, 0.15) is 19.3 Å². The SMILES string of the molecule is C=CCOCCCOCCCOCCCOCC=C. The van der Waals surface area contributed by atoms with Gasteiger partial charge in [0.1, 0.15) is 0 Å². The van der Waals surface area contributed by atoms with Crippen molar-refractivity contribution in [3.05, 3.63) is 25.3 Å². The van der Waals surface area contributed by atoms with E-state index in [0.29, 0.717) is 13.2 Å². The van der Waals surface area contributed by atoms with Crippen molar-refractivity contribution in [1.29, 1.82) is 0 Å². The zero-order chi connectivity index (χ0) is 14.0. The Morgan fingerprint density at radius 3 is 1.16 bits per heavy atom. The quantitative estimate of drug-likeness (QED) is 0.320. The first kappa shape index (κ1) is 18.3. The summed E-state index contributed by atoms with van der Waals surface area (Å²) in [6, 6.07) is 0. The minimum Gasteiger partial charge on any atom is -0.381 e. The second-order valence-corrected chi connectivity index (χ2v) is 4.01. The molecule has 0 aliphatic carbocycles. The Kier molecular flexibility index (Phi) is 16.7. The van der Waals surface area contributed by atoms with Crippen molar-refractivity contribution in [2.45, 2.75) is 19.3 Å². The fourth-order valence-corrected chi connectivity index (χ4v) is 1.33. The van der Waals surface area contributed by atoms with E-state index in [4.69, 9.17) is 18.9 Å². The lowest BCUT2D eigenvalue weighted by Gasteiger charge is -2.06. The maximum absolute atomic E-state index is 5.45. The Morgan fingerprint density at radius 2 is 0.842 bits per heavy atom. The summed E-state index contributed by atoms with van der Waals surface area (Å²) in [6.07, 6.45) is 6.28. The van der Waals surface area contributed by atoms with Gasteiger partial charge in [-0.3, -0.25) is 0 Å². The first-order chi connectivity index (χ1) is 9.41. The molecule has 0 saturated heterocycles. The number of rotatable bonds is 16. The second-order valence-electron chi connectivity index (χ2n) is 4.01. The van der Waals surface area contributed by atoms with Crippen molar-refractivity contribution in [2.24, 2.45) is 0 Å². The summed E-state index contributed by atoms with van der Waals surface area (Å²) in [6.45, 7) is 12.8. The van der Waals surface area contributed by atoms with Crippen LogP contribution in [0.3, 0.4) is 0 Å². The normalized spacial score (nSPS) is 10.5. The van der Waals surface area contributed by atoms with Gasteiger partial charge in [-0.2, -0.15) is 0 Å². The summed E-state index contributed by atoms with van der Waals surface area (Å²) in [5, 5.41) is 0. The summed E-state index contributed by atoms with van der Waals surface area (Å²) < 4.78 is 21.4. The second kappa shape index (κ2) is 17.3. The van der Waals surface area contributed by atoms with Crippen LogP contribution < -0.4 is 0 Å². The van der Waals surface area contributed by atoms with E-state index < -0.39 is 0 Å². The van der Waals surface area contributed by atoms with Gasteiger partial charge in [-0.1, -0.05) is 12.2 Å². The van der Waals surface area contributed by atoms with E-state index in [-0.39, 0.29) is 0 Å². The lowest BCUT2D eigenvalue weighted by atomic mass is 10.4. The van der Waals surface area contributed by atoms with Crippen molar-refractivity contribution < 1.29 is 18.9 Å². The zero-order valence-corrected chi connectivity index (χ0v) is 12.0. The van der Waals surface area contributed by atoms with E-state index in [2.05, 4.69) is 13.2 Å². The van der Waals surface area contributed by atoms with Crippen LogP contribution in [-0.2, 0) is 18.9 Å². The monoisotopic (exact) mass is 272 g/mol. The Balaban J connectivity index is 2.91. The van der Waals surface area contributed by atoms with Crippen molar-refractivity contribution in [2.75, 3.05) is 52.9 Å². The molecule has 0 atom stereocenters. The van der Waals surface area contributed by atoms with E-state index in [1.165, 1.54) is 0 Å². The van der Waals surface area contributed by atoms with Crippen LogP contribution in [0.15, 0.2) is 25.3 Å². The molecule has 4 nitrogen and oxygen atoms in total. The summed E-state index contributed by atoms with van der Waals surface area (Å²) in [5.41, 5.74) is 0. The van der Waals surface area contributed by atoms with Crippen LogP contribution in [0.25, 0.3) is 0 Å². The average Bonchev–Trinajstić information content (AvgIpc) is 2.43. The van der Waals surface area contributed by atoms with E-state index >= 15 is 0 Å². The first-order valence-corrected chi connectivity index (χ1v) is 6.94. The smallest absolute Gasteiger partial charge is 0.0644 e. The third-order valence-corrected chi connectivity index (χ3v) is 2.20. The molecule has 0 aromatic carbocycles. The van der Waals surface area contributed by atoms with E-state index in [0.717, 1.165) is 58.9 Å². The van der Waals surface area contributed by atoms with E-state index in [9.17, 15) is 0 Å². The third-order valence-electron chi connectivity index (χ3n) is 2.20. The van der Waals surface area contributed by atoms with Gasteiger partial charge < -0.3 is 18.9 Å². The van der Waals surface area contributed by atoms with Crippen LogP contribution in [0, 0.1) is 0 Å². The Morgan fingerprint density at radius 1 is 0.526 bits per heavy atom. The number of ether oxygens (including phenoxy) is 4. The molecule has 19 heavy (non-hydrogen) atoms. The van der Waals surface area contributed by atoms with Crippen LogP contribution in [0.5, 0.6) is 0 Å². The molecule has 0 radical (unpaired) electrons. The molecule has 0 amide bonds. The first-order valence-electron chi connectivity index (χ1n) is 6.94. The van der Waals surface area contributed by atoms with Gasteiger partial charge in [0.2, 0.25) is 0 Å². The average molecular weight is 272 g/mol. The summed E-state index contributed by atoms with van der Waals surface area (Å²) in [4.78, 5) is 0. The number of hydrogen-bond acceptors (Lipinski definition) is 4. The summed E-state index contributed by atoms with van der Waals surface area (Å²) in [5.74, 6) is 0. The largest absolute Gasteiger partial charge is 0.381 e. The maximum atomic E-state index is 5.45. The van der Waals surface area contributed by atoms with Gasteiger partial charge in [-0.15, -0.1) is 13.2 Å². The lowest BCUT2D eigenvalue weighted by Crippen LogP contribution is -2.06. The molecular formula is C15H28O4. The van der Waals surface area contributed by atoms with Gasteiger partial charge in [0, 0.05) is 39.6 Å². The molecule has 4 heteroatoms. The molecule has 0 bridgehead atoms. The number of hydrogen-bond donors (Lipinski definition) is 0. The van der Waals surface area contributed by atoms with Crippen LogP contribution in [-0.4, -0.2) is 52.9 Å². The molecule has 0 aromatic rings. The van der Waals surface area contributed by atoms with Crippen LogP contribution >= 0.6 is 0 Å². The van der Waals surface area contributed by atoms with Gasteiger partial charge in [0.05, 0.1) is 13.2 Å². The fourth-order valence-electron chi connectivity index (χ4n) is 1.33. The van der Waals surface area contributed by atoms with Gasteiger partial charge >= 0.3 is 0 Å². The van der Waals surface area contributed by atoms with Gasteiger partial charge in [-0.05, 0) is 19.3 Å². The standard InChI is InChI=1S/C15H28O4/c1-3-8-16-10-5-12-18-14-7-15-19-13-6-11-17-9-4-2/h3-4H,1-2,5-15H2. The lowest BCUT2D eigenvalue weighted by molar-refractivity contribution is 0.0593. The molecular weight excluding hydrogens is 244 g/mol. The predicted octanol–water partition coefficient (Wildman–Crippen LogP) is 2.60.